The normalized spacial score (nSPS) is 12.9. The lowest BCUT2D eigenvalue weighted by Gasteiger charge is -2.19. The number of esters is 1. The highest BCUT2D eigenvalue weighted by Gasteiger charge is 2.27. The Morgan fingerprint density at radius 1 is 1.23 bits per heavy atom. The zero-order valence-corrected chi connectivity index (χ0v) is 14.2. The fourth-order valence-corrected chi connectivity index (χ4v) is 3.17. The maximum atomic E-state index is 13.1. The average Bonchev–Trinajstić information content (AvgIpc) is 3.25. The molecule has 0 saturated heterocycles. The van der Waals surface area contributed by atoms with Crippen LogP contribution < -0.4 is 4.90 Å². The number of methoxy groups -OCH3 is 1. The number of aromatic nitrogens is 3. The smallest absolute Gasteiger partial charge is 0.341 e. The number of carbonyl (C=O) groups excluding carboxylic acids is 1. The van der Waals surface area contributed by atoms with Crippen LogP contribution in [0.5, 0.6) is 0 Å². The van der Waals surface area contributed by atoms with Gasteiger partial charge in [-0.1, -0.05) is 12.1 Å². The molecule has 0 radical (unpaired) electrons. The minimum atomic E-state index is -0.406. The number of nitrogens with zero attached hydrogens (tertiary/aromatic N) is 4. The molecule has 0 unspecified atom stereocenters. The molecule has 2 aromatic heterocycles. The fraction of sp³-hybridized carbons (Fsp3) is 0.211. The number of benzene rings is 1. The van der Waals surface area contributed by atoms with Crippen molar-refractivity contribution >= 4 is 11.8 Å². The Morgan fingerprint density at radius 2 is 2.04 bits per heavy atom. The summed E-state index contributed by atoms with van der Waals surface area (Å²) in [5.41, 5.74) is 3.58. The van der Waals surface area contributed by atoms with Crippen molar-refractivity contribution in [2.75, 3.05) is 12.0 Å². The topological polar surface area (TPSA) is 60.2 Å². The number of anilines is 1. The molecular formula is C19H17FN4O2. The van der Waals surface area contributed by atoms with Crippen molar-refractivity contribution in [2.45, 2.75) is 19.6 Å². The summed E-state index contributed by atoms with van der Waals surface area (Å²) in [6, 6.07) is 9.83. The van der Waals surface area contributed by atoms with E-state index in [0.29, 0.717) is 31.0 Å². The van der Waals surface area contributed by atoms with Crippen LogP contribution in [0.25, 0.3) is 0 Å². The molecule has 3 heterocycles. The minimum Gasteiger partial charge on any atom is -0.465 e. The molecule has 6 nitrogen and oxygen atoms in total. The molecule has 0 amide bonds. The van der Waals surface area contributed by atoms with Gasteiger partial charge >= 0.3 is 5.97 Å². The Morgan fingerprint density at radius 3 is 2.81 bits per heavy atom. The molecule has 4 rings (SSSR count). The first-order chi connectivity index (χ1) is 12.7. The van der Waals surface area contributed by atoms with Gasteiger partial charge in [-0.25, -0.2) is 14.2 Å². The van der Waals surface area contributed by atoms with E-state index < -0.39 is 5.97 Å². The summed E-state index contributed by atoms with van der Waals surface area (Å²) in [5.74, 6) is -0.0583. The number of ether oxygens (including phenoxy) is 1. The molecule has 0 atom stereocenters. The van der Waals surface area contributed by atoms with E-state index in [2.05, 4.69) is 10.1 Å². The van der Waals surface area contributed by atoms with E-state index in [9.17, 15) is 9.18 Å². The van der Waals surface area contributed by atoms with E-state index in [0.717, 1.165) is 16.8 Å². The Labute approximate surface area is 149 Å². The molecular weight excluding hydrogens is 335 g/mol. The lowest BCUT2D eigenvalue weighted by molar-refractivity contribution is 0.0601. The number of fused-ring (bicyclic) bond motifs is 1. The SMILES string of the molecule is COC(=O)c1cccnc1N1Cc2cnn(Cc3ccc(F)cc3)c2C1. The summed E-state index contributed by atoms with van der Waals surface area (Å²) in [5, 5.41) is 4.44. The molecule has 3 aromatic rings. The average molecular weight is 352 g/mol. The second-order valence-electron chi connectivity index (χ2n) is 6.12. The first-order valence-electron chi connectivity index (χ1n) is 8.22. The molecule has 1 aliphatic rings. The number of halogens is 1. The van der Waals surface area contributed by atoms with Crippen molar-refractivity contribution in [1.29, 1.82) is 0 Å². The van der Waals surface area contributed by atoms with Crippen LogP contribution in [0, 0.1) is 5.82 Å². The van der Waals surface area contributed by atoms with Gasteiger partial charge in [0.2, 0.25) is 0 Å². The standard InChI is InChI=1S/C19H17FN4O2/c1-26-19(25)16-3-2-8-21-18(16)23-11-14-9-22-24(17(14)12-23)10-13-4-6-15(20)7-5-13/h2-9H,10-12H2,1H3. The van der Waals surface area contributed by atoms with Crippen LogP contribution in [0.2, 0.25) is 0 Å². The van der Waals surface area contributed by atoms with E-state index in [1.165, 1.54) is 19.2 Å². The van der Waals surface area contributed by atoms with Gasteiger partial charge in [-0.05, 0) is 29.8 Å². The highest BCUT2D eigenvalue weighted by atomic mass is 19.1. The molecule has 0 saturated carbocycles. The quantitative estimate of drug-likeness (QED) is 0.676. The predicted octanol–water partition coefficient (Wildman–Crippen LogP) is 2.77. The zero-order valence-electron chi connectivity index (χ0n) is 14.2. The highest BCUT2D eigenvalue weighted by molar-refractivity contribution is 5.94. The van der Waals surface area contributed by atoms with E-state index in [1.54, 1.807) is 30.5 Å². The minimum absolute atomic E-state index is 0.254. The van der Waals surface area contributed by atoms with Crippen molar-refractivity contribution in [3.8, 4) is 0 Å². The molecule has 1 aromatic carbocycles. The van der Waals surface area contributed by atoms with Gasteiger partial charge in [0.05, 0.1) is 32.1 Å². The predicted molar refractivity (Wildman–Crippen MR) is 93.2 cm³/mol. The van der Waals surface area contributed by atoms with Gasteiger partial charge in [0, 0.05) is 18.3 Å². The van der Waals surface area contributed by atoms with Crippen molar-refractivity contribution < 1.29 is 13.9 Å². The molecule has 0 spiro atoms. The van der Waals surface area contributed by atoms with Crippen molar-refractivity contribution in [2.24, 2.45) is 0 Å². The van der Waals surface area contributed by atoms with E-state index >= 15 is 0 Å². The van der Waals surface area contributed by atoms with E-state index in [4.69, 9.17) is 4.74 Å². The monoisotopic (exact) mass is 352 g/mol. The van der Waals surface area contributed by atoms with Gasteiger partial charge in [-0.3, -0.25) is 4.68 Å². The number of hydrogen-bond donors (Lipinski definition) is 0. The molecule has 1 aliphatic heterocycles. The number of pyridine rings is 1. The van der Waals surface area contributed by atoms with Crippen LogP contribution in [0.4, 0.5) is 10.2 Å². The second-order valence-corrected chi connectivity index (χ2v) is 6.12. The van der Waals surface area contributed by atoms with Crippen molar-refractivity contribution in [3.05, 3.63) is 77.0 Å². The molecule has 0 bridgehead atoms. The summed E-state index contributed by atoms with van der Waals surface area (Å²) < 4.78 is 19.8. The van der Waals surface area contributed by atoms with Crippen LogP contribution in [0.3, 0.4) is 0 Å². The number of carbonyl (C=O) groups is 1. The van der Waals surface area contributed by atoms with Crippen molar-refractivity contribution in [1.82, 2.24) is 14.8 Å². The second kappa shape index (κ2) is 6.59. The van der Waals surface area contributed by atoms with Crippen LogP contribution in [-0.4, -0.2) is 27.8 Å². The van der Waals surface area contributed by atoms with Gasteiger partial charge in [-0.2, -0.15) is 5.10 Å². The Hall–Kier alpha value is -3.22. The van der Waals surface area contributed by atoms with Gasteiger partial charge in [0.1, 0.15) is 17.2 Å². The van der Waals surface area contributed by atoms with Gasteiger partial charge in [-0.15, -0.1) is 0 Å². The lowest BCUT2D eigenvalue weighted by atomic mass is 10.2. The Bertz CT molecular complexity index is 952. The molecule has 7 heteroatoms. The number of hydrogen-bond acceptors (Lipinski definition) is 5. The molecule has 0 fully saturated rings. The Balaban J connectivity index is 1.58. The maximum absolute atomic E-state index is 13.1. The van der Waals surface area contributed by atoms with E-state index in [1.807, 2.05) is 15.8 Å². The third-order valence-electron chi connectivity index (χ3n) is 4.47. The summed E-state index contributed by atoms with van der Waals surface area (Å²) in [4.78, 5) is 18.4. The number of rotatable bonds is 4. The first kappa shape index (κ1) is 16.3. The molecule has 0 aliphatic carbocycles. The summed E-state index contributed by atoms with van der Waals surface area (Å²) in [6.45, 7) is 1.78. The highest BCUT2D eigenvalue weighted by Crippen LogP contribution is 2.29. The summed E-state index contributed by atoms with van der Waals surface area (Å²) in [6.07, 6.45) is 3.50. The van der Waals surface area contributed by atoms with Crippen molar-refractivity contribution in [3.63, 3.8) is 0 Å². The fourth-order valence-electron chi connectivity index (χ4n) is 3.17. The summed E-state index contributed by atoms with van der Waals surface area (Å²) >= 11 is 0. The molecule has 26 heavy (non-hydrogen) atoms. The molecule has 0 N–H and O–H groups in total. The lowest BCUT2D eigenvalue weighted by Crippen LogP contribution is -2.21. The third kappa shape index (κ3) is 2.92. The van der Waals surface area contributed by atoms with Crippen LogP contribution >= 0.6 is 0 Å². The zero-order chi connectivity index (χ0) is 18.1. The largest absolute Gasteiger partial charge is 0.465 e. The third-order valence-corrected chi connectivity index (χ3v) is 4.47. The van der Waals surface area contributed by atoms with Crippen LogP contribution in [0.15, 0.2) is 48.8 Å². The maximum Gasteiger partial charge on any atom is 0.341 e. The van der Waals surface area contributed by atoms with E-state index in [-0.39, 0.29) is 5.82 Å². The van der Waals surface area contributed by atoms with Gasteiger partial charge < -0.3 is 9.64 Å². The first-order valence-corrected chi connectivity index (χ1v) is 8.22. The van der Waals surface area contributed by atoms with Crippen LogP contribution in [-0.2, 0) is 24.4 Å². The Kier molecular flexibility index (Phi) is 4.12. The van der Waals surface area contributed by atoms with Crippen LogP contribution in [0.1, 0.15) is 27.2 Å². The summed E-state index contributed by atoms with van der Waals surface area (Å²) in [7, 11) is 1.36. The molecule has 132 valence electrons. The van der Waals surface area contributed by atoms with Gasteiger partial charge in [0.15, 0.2) is 0 Å². The van der Waals surface area contributed by atoms with Gasteiger partial charge in [0.25, 0.3) is 0 Å².